The van der Waals surface area contributed by atoms with E-state index in [1.807, 2.05) is 63.2 Å². The van der Waals surface area contributed by atoms with E-state index in [4.69, 9.17) is 4.74 Å². The molecule has 142 valence electrons. The van der Waals surface area contributed by atoms with E-state index in [-0.39, 0.29) is 5.91 Å². The molecule has 4 nitrogen and oxygen atoms in total. The highest BCUT2D eigenvalue weighted by molar-refractivity contribution is 9.10. The Bertz CT molecular complexity index is 823. The minimum absolute atomic E-state index is 0.0448. The lowest BCUT2D eigenvalue weighted by atomic mass is 10.1. The first-order chi connectivity index (χ1) is 12.7. The van der Waals surface area contributed by atoms with Gasteiger partial charge in [-0.15, -0.1) is 0 Å². The van der Waals surface area contributed by atoms with Crippen molar-refractivity contribution in [1.29, 1.82) is 0 Å². The van der Waals surface area contributed by atoms with Crippen molar-refractivity contribution in [2.75, 3.05) is 5.32 Å². The zero-order chi connectivity index (χ0) is 19.9. The predicted molar refractivity (Wildman–Crippen MR) is 112 cm³/mol. The molecule has 0 bridgehead atoms. The second kappa shape index (κ2) is 9.51. The third kappa shape index (κ3) is 7.79. The molecule has 5 heteroatoms. The van der Waals surface area contributed by atoms with Crippen molar-refractivity contribution in [3.63, 3.8) is 0 Å². The van der Waals surface area contributed by atoms with Crippen LogP contribution in [0, 0.1) is 0 Å². The Kier molecular flexibility index (Phi) is 7.36. The van der Waals surface area contributed by atoms with Crippen LogP contribution in [-0.2, 0) is 20.7 Å². The number of carbonyl (C=O) groups excluding carboxylic acids is 2. The van der Waals surface area contributed by atoms with Gasteiger partial charge in [0.1, 0.15) is 5.60 Å². The Morgan fingerprint density at radius 3 is 2.44 bits per heavy atom. The molecule has 0 spiro atoms. The number of halogens is 1. The van der Waals surface area contributed by atoms with Crippen LogP contribution in [0.25, 0.3) is 6.08 Å². The average molecular weight is 430 g/mol. The normalized spacial score (nSPS) is 11.4. The van der Waals surface area contributed by atoms with Gasteiger partial charge in [0.05, 0.1) is 5.69 Å². The van der Waals surface area contributed by atoms with Gasteiger partial charge in [0.15, 0.2) is 0 Å². The van der Waals surface area contributed by atoms with Crippen molar-refractivity contribution >= 4 is 39.6 Å². The maximum Gasteiger partial charge on any atom is 0.331 e. The molecule has 0 atom stereocenters. The van der Waals surface area contributed by atoms with Gasteiger partial charge in [0.25, 0.3) is 0 Å². The maximum atomic E-state index is 12.2. The number of amides is 1. The molecule has 2 rings (SSSR count). The van der Waals surface area contributed by atoms with Gasteiger partial charge in [-0.05, 0) is 72.5 Å². The van der Waals surface area contributed by atoms with Gasteiger partial charge >= 0.3 is 5.97 Å². The molecule has 0 unspecified atom stereocenters. The van der Waals surface area contributed by atoms with E-state index in [0.29, 0.717) is 18.5 Å². The first kappa shape index (κ1) is 20.9. The van der Waals surface area contributed by atoms with Crippen LogP contribution in [-0.4, -0.2) is 17.5 Å². The van der Waals surface area contributed by atoms with Crippen molar-refractivity contribution in [1.82, 2.24) is 0 Å². The van der Waals surface area contributed by atoms with E-state index in [2.05, 4.69) is 21.2 Å². The van der Waals surface area contributed by atoms with Crippen LogP contribution >= 0.6 is 15.9 Å². The van der Waals surface area contributed by atoms with Crippen LogP contribution < -0.4 is 5.32 Å². The molecule has 0 heterocycles. The molecule has 0 saturated heterocycles. The van der Waals surface area contributed by atoms with Crippen LogP contribution in [0.5, 0.6) is 0 Å². The Balaban J connectivity index is 1.92. The number of hydrogen-bond donors (Lipinski definition) is 1. The van der Waals surface area contributed by atoms with Crippen molar-refractivity contribution < 1.29 is 14.3 Å². The number of carbonyl (C=O) groups is 2. The molecule has 2 aromatic carbocycles. The van der Waals surface area contributed by atoms with E-state index in [9.17, 15) is 9.59 Å². The summed E-state index contributed by atoms with van der Waals surface area (Å²) in [5.74, 6) is -0.437. The molecule has 0 aliphatic rings. The lowest BCUT2D eigenvalue weighted by molar-refractivity contribution is -0.148. The fourth-order valence-corrected chi connectivity index (χ4v) is 2.85. The largest absolute Gasteiger partial charge is 0.457 e. The number of ether oxygens (including phenoxy) is 1. The van der Waals surface area contributed by atoms with Gasteiger partial charge in [0.2, 0.25) is 5.91 Å². The summed E-state index contributed by atoms with van der Waals surface area (Å²) in [5.41, 5.74) is 2.14. The third-order valence-corrected chi connectivity index (χ3v) is 4.23. The molecule has 27 heavy (non-hydrogen) atoms. The van der Waals surface area contributed by atoms with E-state index >= 15 is 0 Å². The molecule has 2 aromatic rings. The number of hydrogen-bond acceptors (Lipinski definition) is 3. The van der Waals surface area contributed by atoms with Crippen molar-refractivity contribution in [3.8, 4) is 0 Å². The smallest absolute Gasteiger partial charge is 0.331 e. The van der Waals surface area contributed by atoms with Gasteiger partial charge < -0.3 is 10.1 Å². The second-order valence-corrected chi connectivity index (χ2v) is 7.99. The molecule has 0 aliphatic heterocycles. The van der Waals surface area contributed by atoms with E-state index < -0.39 is 11.6 Å². The number of aryl methyl sites for hydroxylation is 1. The minimum atomic E-state index is -0.518. The van der Waals surface area contributed by atoms with Gasteiger partial charge in [-0.3, -0.25) is 4.79 Å². The molecular weight excluding hydrogens is 406 g/mol. The highest BCUT2D eigenvalue weighted by atomic mass is 79.9. The predicted octanol–water partition coefficient (Wildman–Crippen LogP) is 5.38. The zero-order valence-corrected chi connectivity index (χ0v) is 17.4. The highest BCUT2D eigenvalue weighted by Crippen LogP contribution is 2.24. The number of anilines is 1. The summed E-state index contributed by atoms with van der Waals surface area (Å²) in [7, 11) is 0. The first-order valence-corrected chi connectivity index (χ1v) is 9.56. The molecule has 0 fully saturated rings. The first-order valence-electron chi connectivity index (χ1n) is 8.77. The minimum Gasteiger partial charge on any atom is -0.457 e. The summed E-state index contributed by atoms with van der Waals surface area (Å²) in [5, 5.41) is 2.90. The molecule has 1 N–H and O–H groups in total. The summed E-state index contributed by atoms with van der Waals surface area (Å²) in [6.45, 7) is 5.47. The lowest BCUT2D eigenvalue weighted by Gasteiger charge is -2.17. The Labute approximate surface area is 168 Å². The topological polar surface area (TPSA) is 55.4 Å². The molecule has 0 radical (unpaired) electrons. The van der Waals surface area contributed by atoms with Crippen molar-refractivity contribution in [3.05, 3.63) is 70.2 Å². The lowest BCUT2D eigenvalue weighted by Crippen LogP contribution is -2.22. The Morgan fingerprint density at radius 1 is 1.11 bits per heavy atom. The summed E-state index contributed by atoms with van der Waals surface area (Å²) >= 11 is 3.46. The van der Waals surface area contributed by atoms with E-state index in [0.717, 1.165) is 15.6 Å². The molecular formula is C22H24BrNO3. The number of rotatable bonds is 6. The number of esters is 1. The van der Waals surface area contributed by atoms with Gasteiger partial charge in [-0.1, -0.05) is 36.4 Å². The van der Waals surface area contributed by atoms with Crippen molar-refractivity contribution in [2.45, 2.75) is 39.2 Å². The quantitative estimate of drug-likeness (QED) is 0.495. The van der Waals surface area contributed by atoms with Crippen LogP contribution in [0.4, 0.5) is 5.69 Å². The van der Waals surface area contributed by atoms with Gasteiger partial charge in [0, 0.05) is 17.0 Å². The van der Waals surface area contributed by atoms with Gasteiger partial charge in [-0.25, -0.2) is 4.79 Å². The number of benzene rings is 2. The van der Waals surface area contributed by atoms with E-state index in [1.54, 1.807) is 12.1 Å². The Morgan fingerprint density at radius 2 is 1.81 bits per heavy atom. The highest BCUT2D eigenvalue weighted by Gasteiger charge is 2.14. The molecule has 0 saturated carbocycles. The SMILES string of the molecule is CC(C)(C)OC(=O)/C=C/c1ccc(NC(=O)CCc2ccccc2)c(Br)c1. The standard InChI is InChI=1S/C22H24BrNO3/c1-22(2,3)27-21(26)14-11-17-9-12-19(18(23)15-17)24-20(25)13-10-16-7-5-4-6-8-16/h4-9,11-12,14-15H,10,13H2,1-3H3,(H,24,25)/b14-11+. The fraction of sp³-hybridized carbons (Fsp3) is 0.273. The van der Waals surface area contributed by atoms with Crippen molar-refractivity contribution in [2.24, 2.45) is 0 Å². The summed E-state index contributed by atoms with van der Waals surface area (Å²) in [6, 6.07) is 15.4. The van der Waals surface area contributed by atoms with Crippen LogP contribution in [0.1, 0.15) is 38.3 Å². The van der Waals surface area contributed by atoms with E-state index in [1.165, 1.54) is 6.08 Å². The van der Waals surface area contributed by atoms with Gasteiger partial charge in [-0.2, -0.15) is 0 Å². The monoisotopic (exact) mass is 429 g/mol. The molecule has 1 amide bonds. The maximum absolute atomic E-state index is 12.2. The Hall–Kier alpha value is -2.40. The third-order valence-electron chi connectivity index (χ3n) is 3.57. The summed E-state index contributed by atoms with van der Waals surface area (Å²) in [4.78, 5) is 23.9. The molecule has 0 aromatic heterocycles. The van der Waals surface area contributed by atoms with Crippen LogP contribution in [0.2, 0.25) is 0 Å². The fourth-order valence-electron chi connectivity index (χ4n) is 2.35. The average Bonchev–Trinajstić information content (AvgIpc) is 2.60. The second-order valence-electron chi connectivity index (χ2n) is 7.14. The summed E-state index contributed by atoms with van der Waals surface area (Å²) < 4.78 is 5.99. The number of nitrogens with one attached hydrogen (secondary N) is 1. The van der Waals surface area contributed by atoms with Crippen LogP contribution in [0.3, 0.4) is 0 Å². The summed E-state index contributed by atoms with van der Waals surface area (Å²) in [6.07, 6.45) is 4.18. The zero-order valence-electron chi connectivity index (χ0n) is 15.8. The van der Waals surface area contributed by atoms with Crippen LogP contribution in [0.15, 0.2) is 59.1 Å². The molecule has 0 aliphatic carbocycles.